The average molecular weight is 291 g/mol. The second-order valence-electron chi connectivity index (χ2n) is 4.51. The van der Waals surface area contributed by atoms with Crippen LogP contribution < -0.4 is 14.8 Å². The van der Waals surface area contributed by atoms with Gasteiger partial charge in [0.1, 0.15) is 18.1 Å². The van der Waals surface area contributed by atoms with Gasteiger partial charge in [-0.25, -0.2) is 0 Å². The number of aliphatic hydroxyl groups excluding tert-OH is 1. The third-order valence-electron chi connectivity index (χ3n) is 3.04. The van der Waals surface area contributed by atoms with Crippen LogP contribution >= 0.6 is 0 Å². The normalized spacial score (nSPS) is 10.4. The first-order valence-electron chi connectivity index (χ1n) is 7.00. The molecule has 5 heteroatoms. The molecule has 0 fully saturated rings. The maximum absolute atomic E-state index is 8.84. The van der Waals surface area contributed by atoms with Gasteiger partial charge in [0.25, 0.3) is 0 Å². The fraction of sp³-hybridized carbons (Fsp3) is 0.375. The highest BCUT2D eigenvalue weighted by atomic mass is 16.5. The van der Waals surface area contributed by atoms with Crippen molar-refractivity contribution in [2.75, 3.05) is 25.6 Å². The molecule has 5 nitrogen and oxygen atoms in total. The fourth-order valence-electron chi connectivity index (χ4n) is 1.95. The fourth-order valence-corrected chi connectivity index (χ4v) is 1.95. The van der Waals surface area contributed by atoms with E-state index >= 15 is 0 Å². The molecule has 0 amide bonds. The summed E-state index contributed by atoms with van der Waals surface area (Å²) in [6, 6.07) is 9.54. The van der Waals surface area contributed by atoms with Crippen LogP contribution in [0.1, 0.15) is 18.4 Å². The first-order chi connectivity index (χ1) is 10.3. The topological polar surface area (TPSA) is 63.9 Å². The van der Waals surface area contributed by atoms with Crippen molar-refractivity contribution in [3.8, 4) is 11.5 Å². The Morgan fingerprint density at radius 3 is 2.62 bits per heavy atom. The number of aryl methyl sites for hydroxylation is 1. The van der Waals surface area contributed by atoms with Crippen LogP contribution in [-0.2, 0) is 13.0 Å². The van der Waals surface area contributed by atoms with Crippen LogP contribution in [0.5, 0.6) is 11.5 Å². The largest absolute Gasteiger partial charge is 0.493 e. The maximum Gasteiger partial charge on any atom is 0.163 e. The smallest absolute Gasteiger partial charge is 0.163 e. The molecule has 2 rings (SSSR count). The minimum atomic E-state index is -0.0347. The number of hydrogen-bond acceptors (Lipinski definition) is 5. The van der Waals surface area contributed by atoms with Gasteiger partial charge in [0.15, 0.2) is 11.5 Å². The van der Waals surface area contributed by atoms with Crippen molar-refractivity contribution in [1.82, 2.24) is 0 Å². The molecular weight excluding hydrogens is 270 g/mol. The zero-order valence-electron chi connectivity index (χ0n) is 12.4. The molecular formula is C16H21NO4. The number of methoxy groups -OCH3 is 1. The second-order valence-corrected chi connectivity index (χ2v) is 4.51. The Labute approximate surface area is 124 Å². The van der Waals surface area contributed by atoms with Crippen molar-refractivity contribution in [2.45, 2.75) is 19.9 Å². The molecule has 2 aromatic rings. The van der Waals surface area contributed by atoms with Crippen molar-refractivity contribution in [3.05, 3.63) is 41.9 Å². The molecule has 0 aliphatic carbocycles. The Balaban J connectivity index is 2.02. The quantitative estimate of drug-likeness (QED) is 0.783. The molecule has 0 saturated heterocycles. The summed E-state index contributed by atoms with van der Waals surface area (Å²) in [6.45, 7) is 2.86. The van der Waals surface area contributed by atoms with Crippen molar-refractivity contribution >= 4 is 5.69 Å². The number of nitrogens with one attached hydrogen (secondary N) is 1. The lowest BCUT2D eigenvalue weighted by atomic mass is 10.2. The molecule has 0 bridgehead atoms. The molecule has 1 aromatic carbocycles. The predicted octanol–water partition coefficient (Wildman–Crippen LogP) is 2.83. The highest BCUT2D eigenvalue weighted by molar-refractivity contribution is 5.54. The van der Waals surface area contributed by atoms with Gasteiger partial charge in [0.2, 0.25) is 0 Å². The number of ether oxygens (including phenoxy) is 2. The Morgan fingerprint density at radius 2 is 1.95 bits per heavy atom. The van der Waals surface area contributed by atoms with Gasteiger partial charge in [-0.15, -0.1) is 0 Å². The summed E-state index contributed by atoms with van der Waals surface area (Å²) in [5.41, 5.74) is 0.901. The van der Waals surface area contributed by atoms with Gasteiger partial charge in [-0.05, 0) is 24.3 Å². The van der Waals surface area contributed by atoms with Crippen LogP contribution in [0.3, 0.4) is 0 Å². The molecule has 0 saturated carbocycles. The second kappa shape index (κ2) is 7.59. The Morgan fingerprint density at radius 1 is 1.14 bits per heavy atom. The van der Waals surface area contributed by atoms with Crippen LogP contribution in [0.15, 0.2) is 34.7 Å². The van der Waals surface area contributed by atoms with Crippen LogP contribution in [0, 0.1) is 0 Å². The molecule has 21 heavy (non-hydrogen) atoms. The molecule has 2 N–H and O–H groups in total. The monoisotopic (exact) mass is 291 g/mol. The number of anilines is 1. The summed E-state index contributed by atoms with van der Waals surface area (Å²) >= 11 is 0. The summed E-state index contributed by atoms with van der Waals surface area (Å²) in [7, 11) is 1.59. The van der Waals surface area contributed by atoms with Gasteiger partial charge >= 0.3 is 0 Å². The molecule has 114 valence electrons. The zero-order valence-corrected chi connectivity index (χ0v) is 12.4. The Kier molecular flexibility index (Phi) is 5.51. The van der Waals surface area contributed by atoms with E-state index in [0.29, 0.717) is 18.0 Å². The van der Waals surface area contributed by atoms with Crippen LogP contribution in [0.4, 0.5) is 5.69 Å². The van der Waals surface area contributed by atoms with E-state index in [1.165, 1.54) is 0 Å². The molecule has 0 atom stereocenters. The van der Waals surface area contributed by atoms with Gasteiger partial charge in [-0.2, -0.15) is 0 Å². The number of furan rings is 1. The van der Waals surface area contributed by atoms with Gasteiger partial charge in [-0.3, -0.25) is 0 Å². The first-order valence-corrected chi connectivity index (χ1v) is 7.00. The lowest BCUT2D eigenvalue weighted by molar-refractivity contribution is 0.196. The van der Waals surface area contributed by atoms with E-state index in [2.05, 4.69) is 12.2 Å². The van der Waals surface area contributed by atoms with E-state index in [4.69, 9.17) is 19.0 Å². The number of benzene rings is 1. The van der Waals surface area contributed by atoms with Gasteiger partial charge < -0.3 is 24.3 Å². The number of rotatable bonds is 8. The maximum atomic E-state index is 8.84. The average Bonchev–Trinajstić information content (AvgIpc) is 2.99. The molecule has 0 aliphatic heterocycles. The molecule has 1 heterocycles. The summed E-state index contributed by atoms with van der Waals surface area (Å²) in [5.74, 6) is 3.11. The Bertz CT molecular complexity index is 565. The van der Waals surface area contributed by atoms with Crippen LogP contribution in [0.25, 0.3) is 0 Å². The van der Waals surface area contributed by atoms with Crippen LogP contribution in [0.2, 0.25) is 0 Å². The van der Waals surface area contributed by atoms with E-state index in [1.807, 2.05) is 30.3 Å². The third-order valence-corrected chi connectivity index (χ3v) is 3.04. The number of aliphatic hydroxyl groups is 1. The van der Waals surface area contributed by atoms with Gasteiger partial charge in [0, 0.05) is 18.2 Å². The molecule has 0 unspecified atom stereocenters. The molecule has 0 radical (unpaired) electrons. The lowest BCUT2D eigenvalue weighted by Gasteiger charge is -2.12. The Hall–Kier alpha value is -2.14. The van der Waals surface area contributed by atoms with Crippen molar-refractivity contribution in [2.24, 2.45) is 0 Å². The summed E-state index contributed by atoms with van der Waals surface area (Å²) in [5, 5.41) is 12.1. The molecule has 0 aliphatic rings. The SMILES string of the molecule is CCc1ccc(CNc2ccc(OC)c(OCCO)c2)o1. The lowest BCUT2D eigenvalue weighted by Crippen LogP contribution is -2.04. The van der Waals surface area contributed by atoms with Gasteiger partial charge in [0.05, 0.1) is 20.3 Å². The standard InChI is InChI=1S/C16H21NO4/c1-3-13-5-6-14(21-13)11-17-12-4-7-15(19-2)16(10-12)20-9-8-18/h4-7,10,17-18H,3,8-9,11H2,1-2H3. The molecule has 1 aromatic heterocycles. The number of hydrogen-bond donors (Lipinski definition) is 2. The third kappa shape index (κ3) is 4.16. The van der Waals surface area contributed by atoms with E-state index in [9.17, 15) is 0 Å². The minimum Gasteiger partial charge on any atom is -0.493 e. The van der Waals surface area contributed by atoms with Gasteiger partial charge in [-0.1, -0.05) is 6.92 Å². The van der Waals surface area contributed by atoms with Crippen molar-refractivity contribution < 1.29 is 19.0 Å². The first kappa shape index (κ1) is 15.3. The summed E-state index contributed by atoms with van der Waals surface area (Å²) in [4.78, 5) is 0. The summed E-state index contributed by atoms with van der Waals surface area (Å²) < 4.78 is 16.3. The zero-order chi connectivity index (χ0) is 15.1. The predicted molar refractivity (Wildman–Crippen MR) is 81.0 cm³/mol. The highest BCUT2D eigenvalue weighted by Gasteiger charge is 2.06. The van der Waals surface area contributed by atoms with E-state index < -0.39 is 0 Å². The summed E-state index contributed by atoms with van der Waals surface area (Å²) in [6.07, 6.45) is 0.891. The van der Waals surface area contributed by atoms with E-state index in [1.54, 1.807) is 7.11 Å². The van der Waals surface area contributed by atoms with Crippen molar-refractivity contribution in [1.29, 1.82) is 0 Å². The van der Waals surface area contributed by atoms with Crippen LogP contribution in [-0.4, -0.2) is 25.4 Å². The van der Waals surface area contributed by atoms with Crippen molar-refractivity contribution in [3.63, 3.8) is 0 Å². The van der Waals surface area contributed by atoms with E-state index in [-0.39, 0.29) is 13.2 Å². The minimum absolute atomic E-state index is 0.0347. The highest BCUT2D eigenvalue weighted by Crippen LogP contribution is 2.30. The van der Waals surface area contributed by atoms with E-state index in [0.717, 1.165) is 23.6 Å². The molecule has 0 spiro atoms.